The number of amides is 2. The number of aromatic nitrogens is 1. The molecule has 0 bridgehead atoms. The summed E-state index contributed by atoms with van der Waals surface area (Å²) in [5.41, 5.74) is 0.942. The van der Waals surface area contributed by atoms with Crippen LogP contribution >= 0.6 is 0 Å². The van der Waals surface area contributed by atoms with E-state index in [0.29, 0.717) is 30.6 Å². The first-order chi connectivity index (χ1) is 9.69. The van der Waals surface area contributed by atoms with E-state index in [-0.39, 0.29) is 24.5 Å². The van der Waals surface area contributed by atoms with E-state index in [1.54, 1.807) is 12.1 Å². The molecule has 1 saturated heterocycles. The van der Waals surface area contributed by atoms with Crippen molar-refractivity contribution < 1.29 is 14.7 Å². The molecule has 1 fully saturated rings. The minimum Gasteiger partial charge on any atom is -0.384 e. The van der Waals surface area contributed by atoms with Gasteiger partial charge in [0.1, 0.15) is 12.3 Å². The van der Waals surface area contributed by atoms with Gasteiger partial charge in [-0.15, -0.1) is 0 Å². The van der Waals surface area contributed by atoms with Crippen LogP contribution in [-0.2, 0) is 4.79 Å². The maximum absolute atomic E-state index is 12.0. The Bertz CT molecular complexity index is 547. The van der Waals surface area contributed by atoms with Crippen molar-refractivity contribution in [3.63, 3.8) is 0 Å². The van der Waals surface area contributed by atoms with E-state index in [0.717, 1.165) is 0 Å². The Kier molecular flexibility index (Phi) is 4.69. The number of aliphatic hydroxyl groups is 1. The maximum Gasteiger partial charge on any atom is 0.270 e. The number of piperidine rings is 1. The van der Waals surface area contributed by atoms with Gasteiger partial charge in [-0.2, -0.15) is 0 Å². The highest BCUT2D eigenvalue weighted by molar-refractivity contribution is 5.92. The molecule has 1 atom stereocenters. The molecule has 0 spiro atoms. The van der Waals surface area contributed by atoms with Gasteiger partial charge in [0.25, 0.3) is 5.91 Å². The highest BCUT2D eigenvalue weighted by Gasteiger charge is 2.20. The number of carbonyl (C=O) groups is 2. The minimum absolute atomic E-state index is 0.0143. The van der Waals surface area contributed by atoms with Crippen molar-refractivity contribution in [2.24, 2.45) is 0 Å². The Morgan fingerprint density at radius 1 is 1.55 bits per heavy atom. The van der Waals surface area contributed by atoms with Crippen LogP contribution in [-0.4, -0.2) is 41.1 Å². The molecule has 1 aromatic rings. The first-order valence-electron chi connectivity index (χ1n) is 6.32. The number of nitrogens with zero attached hydrogens (tertiary/aromatic N) is 1. The molecule has 0 radical (unpaired) electrons. The molecule has 1 aliphatic heterocycles. The van der Waals surface area contributed by atoms with E-state index < -0.39 is 0 Å². The Labute approximate surface area is 116 Å². The monoisotopic (exact) mass is 273 g/mol. The van der Waals surface area contributed by atoms with Crippen LogP contribution in [0.2, 0.25) is 0 Å². The fraction of sp³-hybridized carbons (Fsp3) is 0.357. The maximum atomic E-state index is 12.0. The Morgan fingerprint density at radius 2 is 2.40 bits per heavy atom. The second kappa shape index (κ2) is 6.68. The molecule has 1 aliphatic rings. The number of hydrogen-bond donors (Lipinski definition) is 3. The van der Waals surface area contributed by atoms with E-state index in [1.807, 2.05) is 0 Å². The van der Waals surface area contributed by atoms with Crippen LogP contribution in [0.5, 0.6) is 0 Å². The van der Waals surface area contributed by atoms with Crippen LogP contribution in [0.4, 0.5) is 0 Å². The van der Waals surface area contributed by atoms with Gasteiger partial charge in [0.05, 0.1) is 0 Å². The molecular weight excluding hydrogens is 258 g/mol. The zero-order chi connectivity index (χ0) is 14.4. The molecule has 3 N–H and O–H groups in total. The van der Waals surface area contributed by atoms with Crippen LogP contribution in [0.15, 0.2) is 18.3 Å². The largest absolute Gasteiger partial charge is 0.384 e. The van der Waals surface area contributed by atoms with E-state index in [9.17, 15) is 9.59 Å². The predicted molar refractivity (Wildman–Crippen MR) is 71.7 cm³/mol. The van der Waals surface area contributed by atoms with Crippen LogP contribution in [0.1, 0.15) is 28.9 Å². The smallest absolute Gasteiger partial charge is 0.270 e. The third kappa shape index (κ3) is 3.80. The molecule has 1 aromatic heterocycles. The van der Waals surface area contributed by atoms with Crippen molar-refractivity contribution in [3.05, 3.63) is 29.6 Å². The molecule has 2 heterocycles. The van der Waals surface area contributed by atoms with Gasteiger partial charge in [-0.3, -0.25) is 9.59 Å². The van der Waals surface area contributed by atoms with E-state index in [2.05, 4.69) is 27.5 Å². The molecule has 0 saturated carbocycles. The predicted octanol–water partition coefficient (Wildman–Crippen LogP) is -0.566. The zero-order valence-electron chi connectivity index (χ0n) is 10.8. The molecule has 104 valence electrons. The lowest BCUT2D eigenvalue weighted by atomic mass is 10.1. The average Bonchev–Trinajstić information content (AvgIpc) is 2.48. The summed E-state index contributed by atoms with van der Waals surface area (Å²) >= 11 is 0. The van der Waals surface area contributed by atoms with Crippen molar-refractivity contribution in [2.75, 3.05) is 13.2 Å². The van der Waals surface area contributed by atoms with Gasteiger partial charge in [-0.1, -0.05) is 11.8 Å². The Hall–Kier alpha value is -2.39. The molecule has 6 nitrogen and oxygen atoms in total. The molecule has 2 amide bonds. The summed E-state index contributed by atoms with van der Waals surface area (Å²) in [5, 5.41) is 14.1. The third-order valence-electron chi connectivity index (χ3n) is 2.91. The standard InChI is InChI=1S/C14H15N3O3/c18-7-1-2-10-3-5-12(15-8-10)14(20)17-11-4-6-13(19)16-9-11/h3,5,8,11,18H,4,6-7,9H2,(H,16,19)(H,17,20). The fourth-order valence-electron chi connectivity index (χ4n) is 1.86. The van der Waals surface area contributed by atoms with Crippen LogP contribution < -0.4 is 10.6 Å². The van der Waals surface area contributed by atoms with Crippen molar-refractivity contribution in [2.45, 2.75) is 18.9 Å². The summed E-state index contributed by atoms with van der Waals surface area (Å²) in [4.78, 5) is 27.0. The van der Waals surface area contributed by atoms with Gasteiger partial charge < -0.3 is 15.7 Å². The number of carbonyl (C=O) groups excluding carboxylic acids is 2. The van der Waals surface area contributed by atoms with Crippen molar-refractivity contribution >= 4 is 11.8 Å². The zero-order valence-corrected chi connectivity index (χ0v) is 10.8. The van der Waals surface area contributed by atoms with Gasteiger partial charge in [0.2, 0.25) is 5.91 Å². The van der Waals surface area contributed by atoms with Crippen LogP contribution in [0.3, 0.4) is 0 Å². The molecule has 2 rings (SSSR count). The molecule has 0 aliphatic carbocycles. The van der Waals surface area contributed by atoms with Gasteiger partial charge >= 0.3 is 0 Å². The summed E-state index contributed by atoms with van der Waals surface area (Å²) < 4.78 is 0. The van der Waals surface area contributed by atoms with E-state index in [1.165, 1.54) is 6.20 Å². The van der Waals surface area contributed by atoms with Crippen LogP contribution in [0, 0.1) is 11.8 Å². The second-order valence-corrected chi connectivity index (χ2v) is 4.41. The van der Waals surface area contributed by atoms with Crippen molar-refractivity contribution in [1.82, 2.24) is 15.6 Å². The SMILES string of the molecule is O=C1CCC(NC(=O)c2ccc(C#CCO)cn2)CN1. The van der Waals surface area contributed by atoms with Gasteiger partial charge in [-0.25, -0.2) is 4.98 Å². The van der Waals surface area contributed by atoms with Crippen molar-refractivity contribution in [3.8, 4) is 11.8 Å². The highest BCUT2D eigenvalue weighted by Crippen LogP contribution is 2.05. The lowest BCUT2D eigenvalue weighted by molar-refractivity contribution is -0.122. The molecule has 6 heteroatoms. The summed E-state index contributed by atoms with van der Waals surface area (Å²) in [6, 6.07) is 3.20. The van der Waals surface area contributed by atoms with Crippen LogP contribution in [0.25, 0.3) is 0 Å². The lowest BCUT2D eigenvalue weighted by Crippen LogP contribution is -2.47. The van der Waals surface area contributed by atoms with E-state index in [4.69, 9.17) is 5.11 Å². The highest BCUT2D eigenvalue weighted by atomic mass is 16.2. The summed E-state index contributed by atoms with van der Waals surface area (Å²) in [6.45, 7) is 0.236. The number of rotatable bonds is 2. The quantitative estimate of drug-likeness (QED) is 0.630. The van der Waals surface area contributed by atoms with Gasteiger partial charge in [0, 0.05) is 30.8 Å². The molecule has 0 aromatic carbocycles. The molecule has 1 unspecified atom stereocenters. The summed E-state index contributed by atoms with van der Waals surface area (Å²) in [5.74, 6) is 4.96. The number of pyridine rings is 1. The average molecular weight is 273 g/mol. The first-order valence-corrected chi connectivity index (χ1v) is 6.32. The molecule has 20 heavy (non-hydrogen) atoms. The Balaban J connectivity index is 1.93. The fourth-order valence-corrected chi connectivity index (χ4v) is 1.86. The van der Waals surface area contributed by atoms with E-state index >= 15 is 0 Å². The molecular formula is C14H15N3O3. The normalized spacial score (nSPS) is 17.6. The number of hydrogen-bond acceptors (Lipinski definition) is 4. The van der Waals surface area contributed by atoms with Gasteiger partial charge in [0.15, 0.2) is 0 Å². The number of aliphatic hydroxyl groups excluding tert-OH is 1. The number of nitrogens with one attached hydrogen (secondary N) is 2. The van der Waals surface area contributed by atoms with Crippen molar-refractivity contribution in [1.29, 1.82) is 0 Å². The first kappa shape index (κ1) is 14.0. The minimum atomic E-state index is -0.271. The lowest BCUT2D eigenvalue weighted by Gasteiger charge is -2.23. The second-order valence-electron chi connectivity index (χ2n) is 4.41. The van der Waals surface area contributed by atoms with Gasteiger partial charge in [-0.05, 0) is 18.6 Å². The topological polar surface area (TPSA) is 91.3 Å². The Morgan fingerprint density at radius 3 is 3.00 bits per heavy atom. The summed E-state index contributed by atoms with van der Waals surface area (Å²) in [6.07, 6.45) is 2.55. The summed E-state index contributed by atoms with van der Waals surface area (Å²) in [7, 11) is 0. The third-order valence-corrected chi connectivity index (χ3v) is 2.91.